The Morgan fingerprint density at radius 2 is 2.33 bits per heavy atom. The molecule has 2 aromatic rings. The van der Waals surface area contributed by atoms with E-state index in [4.69, 9.17) is 16.3 Å². The lowest BCUT2D eigenvalue weighted by molar-refractivity contribution is 0.102. The number of aromatic nitrogens is 3. The van der Waals surface area contributed by atoms with Gasteiger partial charge in [0.2, 0.25) is 5.95 Å². The molecule has 0 unspecified atom stereocenters. The minimum absolute atomic E-state index is 0.0785. The van der Waals surface area contributed by atoms with Gasteiger partial charge in [-0.2, -0.15) is 4.98 Å². The molecular formula is C10H9ClN4O3. The first-order valence-corrected chi connectivity index (χ1v) is 5.24. The van der Waals surface area contributed by atoms with Crippen molar-refractivity contribution >= 4 is 23.5 Å². The average Bonchev–Trinajstić information content (AvgIpc) is 2.76. The average molecular weight is 269 g/mol. The zero-order valence-electron chi connectivity index (χ0n) is 9.27. The molecule has 1 heterocycles. The molecular weight excluding hydrogens is 260 g/mol. The maximum atomic E-state index is 11.8. The second-order valence-electron chi connectivity index (χ2n) is 3.29. The number of hydrogen-bond donors (Lipinski definition) is 3. The molecule has 18 heavy (non-hydrogen) atoms. The Bertz CT molecular complexity index is 584. The summed E-state index contributed by atoms with van der Waals surface area (Å²) < 4.78 is 4.75. The van der Waals surface area contributed by atoms with Crippen LogP contribution in [0.5, 0.6) is 11.8 Å². The van der Waals surface area contributed by atoms with Crippen molar-refractivity contribution in [1.29, 1.82) is 0 Å². The number of hydrogen-bond acceptors (Lipinski definition) is 5. The quantitative estimate of drug-likeness (QED) is 0.782. The summed E-state index contributed by atoms with van der Waals surface area (Å²) in [5.74, 6) is -0.638. The normalized spacial score (nSPS) is 10.1. The lowest BCUT2D eigenvalue weighted by atomic mass is 10.2. The fourth-order valence-corrected chi connectivity index (χ4v) is 1.43. The van der Waals surface area contributed by atoms with E-state index in [0.29, 0.717) is 5.02 Å². The van der Waals surface area contributed by atoms with Crippen LogP contribution >= 0.6 is 11.6 Å². The first-order chi connectivity index (χ1) is 8.60. The predicted octanol–water partition coefficient (Wildman–Crippen LogP) is 1.42. The number of anilines is 1. The lowest BCUT2D eigenvalue weighted by Gasteiger charge is -2.04. The second kappa shape index (κ2) is 4.92. The summed E-state index contributed by atoms with van der Waals surface area (Å²) in [6.07, 6.45) is 0. The second-order valence-corrected chi connectivity index (χ2v) is 3.72. The number of benzene rings is 1. The van der Waals surface area contributed by atoms with E-state index in [1.807, 2.05) is 0 Å². The Labute approximate surface area is 107 Å². The van der Waals surface area contributed by atoms with Gasteiger partial charge < -0.3 is 9.84 Å². The first kappa shape index (κ1) is 12.2. The predicted molar refractivity (Wildman–Crippen MR) is 64.0 cm³/mol. The third-order valence-corrected chi connectivity index (χ3v) is 2.32. The van der Waals surface area contributed by atoms with Crippen molar-refractivity contribution in [3.8, 4) is 11.8 Å². The van der Waals surface area contributed by atoms with Gasteiger partial charge in [-0.1, -0.05) is 11.6 Å². The molecule has 0 saturated heterocycles. The van der Waals surface area contributed by atoms with Gasteiger partial charge in [-0.25, -0.2) is 5.10 Å². The molecule has 8 heteroatoms. The summed E-state index contributed by atoms with van der Waals surface area (Å²) in [6.45, 7) is 0. The van der Waals surface area contributed by atoms with Gasteiger partial charge in [0.05, 0.1) is 12.7 Å². The Balaban J connectivity index is 2.16. The number of nitrogens with one attached hydrogen (secondary N) is 2. The van der Waals surface area contributed by atoms with Crippen LogP contribution in [0.15, 0.2) is 18.2 Å². The summed E-state index contributed by atoms with van der Waals surface area (Å²) in [5, 5.41) is 18.5. The van der Waals surface area contributed by atoms with E-state index >= 15 is 0 Å². The molecule has 1 aromatic heterocycles. The summed E-state index contributed by atoms with van der Waals surface area (Å²) in [6, 6.07) is 4.28. The molecule has 2 rings (SSSR count). The molecule has 1 aromatic carbocycles. The number of amides is 1. The van der Waals surface area contributed by atoms with Crippen LogP contribution in [0, 0.1) is 0 Å². The number of halogens is 1. The Hall–Kier alpha value is -2.28. The van der Waals surface area contributed by atoms with Gasteiger partial charge in [0.25, 0.3) is 5.91 Å². The van der Waals surface area contributed by atoms with Gasteiger partial charge in [0.1, 0.15) is 5.75 Å². The van der Waals surface area contributed by atoms with Crippen molar-refractivity contribution in [1.82, 2.24) is 15.2 Å². The first-order valence-electron chi connectivity index (χ1n) is 4.86. The Morgan fingerprint density at radius 1 is 1.56 bits per heavy atom. The van der Waals surface area contributed by atoms with Gasteiger partial charge in [0, 0.05) is 5.02 Å². The van der Waals surface area contributed by atoms with Crippen molar-refractivity contribution in [3.05, 3.63) is 28.8 Å². The summed E-state index contributed by atoms with van der Waals surface area (Å²) in [4.78, 5) is 15.6. The number of phenolic OH excluding ortho intramolecular Hbond substituents is 1. The van der Waals surface area contributed by atoms with E-state index in [1.54, 1.807) is 0 Å². The van der Waals surface area contributed by atoms with Gasteiger partial charge in [0.15, 0.2) is 0 Å². The molecule has 0 atom stereocenters. The topological polar surface area (TPSA) is 100 Å². The third-order valence-electron chi connectivity index (χ3n) is 2.08. The smallest absolute Gasteiger partial charge is 0.336 e. The number of rotatable bonds is 3. The van der Waals surface area contributed by atoms with Crippen LogP contribution in [0.3, 0.4) is 0 Å². The largest absolute Gasteiger partial charge is 0.507 e. The molecule has 0 fully saturated rings. The zero-order chi connectivity index (χ0) is 13.1. The SMILES string of the molecule is COc1n[nH]c(NC(=O)c2ccc(Cl)cc2O)n1. The number of ether oxygens (including phenoxy) is 1. The fraction of sp³-hybridized carbons (Fsp3) is 0.100. The van der Waals surface area contributed by atoms with Gasteiger partial charge in [-0.15, -0.1) is 5.10 Å². The van der Waals surface area contributed by atoms with Crippen LogP contribution in [0.2, 0.25) is 5.02 Å². The molecule has 0 aliphatic heterocycles. The summed E-state index contributed by atoms with van der Waals surface area (Å²) >= 11 is 5.67. The number of carbonyl (C=O) groups excluding carboxylic acids is 1. The molecule has 0 radical (unpaired) electrons. The number of aromatic amines is 1. The fourth-order valence-electron chi connectivity index (χ4n) is 1.27. The van der Waals surface area contributed by atoms with Crippen LogP contribution in [-0.4, -0.2) is 33.3 Å². The standard InChI is InChI=1S/C10H9ClN4O3/c1-18-10-13-9(14-15-10)12-8(17)6-3-2-5(11)4-7(6)16/h2-4,16H,1H3,(H2,12,13,14,15,17). The van der Waals surface area contributed by atoms with Gasteiger partial charge in [-0.3, -0.25) is 10.1 Å². The van der Waals surface area contributed by atoms with E-state index in [1.165, 1.54) is 25.3 Å². The molecule has 0 spiro atoms. The number of carbonyl (C=O) groups is 1. The van der Waals surface area contributed by atoms with E-state index in [9.17, 15) is 9.90 Å². The monoisotopic (exact) mass is 268 g/mol. The lowest BCUT2D eigenvalue weighted by Crippen LogP contribution is -2.13. The van der Waals surface area contributed by atoms with Crippen molar-refractivity contribution in [2.45, 2.75) is 0 Å². The summed E-state index contributed by atoms with van der Waals surface area (Å²) in [5.41, 5.74) is 0.0785. The maximum absolute atomic E-state index is 11.8. The Morgan fingerprint density at radius 3 is 2.94 bits per heavy atom. The number of phenols is 1. The number of nitrogens with zero attached hydrogens (tertiary/aromatic N) is 2. The van der Waals surface area contributed by atoms with Crippen molar-refractivity contribution in [2.24, 2.45) is 0 Å². The highest BCUT2D eigenvalue weighted by atomic mass is 35.5. The number of methoxy groups -OCH3 is 1. The molecule has 94 valence electrons. The third kappa shape index (κ3) is 2.51. The van der Waals surface area contributed by atoms with Gasteiger partial charge in [-0.05, 0) is 18.2 Å². The molecule has 0 bridgehead atoms. The maximum Gasteiger partial charge on any atom is 0.336 e. The molecule has 0 aliphatic rings. The van der Waals surface area contributed by atoms with Crippen LogP contribution in [0.1, 0.15) is 10.4 Å². The molecule has 3 N–H and O–H groups in total. The highest BCUT2D eigenvalue weighted by Gasteiger charge is 2.13. The van der Waals surface area contributed by atoms with Crippen LogP contribution in [-0.2, 0) is 0 Å². The van der Waals surface area contributed by atoms with E-state index in [0.717, 1.165) is 0 Å². The highest BCUT2D eigenvalue weighted by Crippen LogP contribution is 2.22. The van der Waals surface area contributed by atoms with Crippen LogP contribution in [0.25, 0.3) is 0 Å². The molecule has 0 saturated carbocycles. The zero-order valence-corrected chi connectivity index (χ0v) is 10.0. The van der Waals surface area contributed by atoms with E-state index in [-0.39, 0.29) is 23.3 Å². The highest BCUT2D eigenvalue weighted by molar-refractivity contribution is 6.30. The molecule has 7 nitrogen and oxygen atoms in total. The van der Waals surface area contributed by atoms with Crippen molar-refractivity contribution < 1.29 is 14.6 Å². The van der Waals surface area contributed by atoms with Crippen molar-refractivity contribution in [3.63, 3.8) is 0 Å². The molecule has 0 aliphatic carbocycles. The van der Waals surface area contributed by atoms with E-state index in [2.05, 4.69) is 20.5 Å². The van der Waals surface area contributed by atoms with E-state index < -0.39 is 5.91 Å². The molecule has 1 amide bonds. The number of H-pyrrole nitrogens is 1. The Kier molecular flexibility index (Phi) is 3.33. The minimum Gasteiger partial charge on any atom is -0.507 e. The summed E-state index contributed by atoms with van der Waals surface area (Å²) in [7, 11) is 1.40. The van der Waals surface area contributed by atoms with Crippen LogP contribution < -0.4 is 10.1 Å². The minimum atomic E-state index is -0.539. The van der Waals surface area contributed by atoms with Crippen molar-refractivity contribution in [2.75, 3.05) is 12.4 Å². The number of aromatic hydroxyl groups is 1. The van der Waals surface area contributed by atoms with Crippen LogP contribution in [0.4, 0.5) is 5.95 Å². The van der Waals surface area contributed by atoms with Gasteiger partial charge >= 0.3 is 6.01 Å².